The number of aromatic nitrogens is 1. The van der Waals surface area contributed by atoms with E-state index in [0.29, 0.717) is 59.2 Å². The van der Waals surface area contributed by atoms with E-state index in [9.17, 15) is 22.7 Å². The number of para-hydroxylation sites is 1. The summed E-state index contributed by atoms with van der Waals surface area (Å²) in [7, 11) is -3.91. The topological polar surface area (TPSA) is 99.6 Å². The lowest BCUT2D eigenvalue weighted by Crippen LogP contribution is -2.45. The lowest BCUT2D eigenvalue weighted by molar-refractivity contribution is -0.131. The van der Waals surface area contributed by atoms with Crippen LogP contribution in [-0.2, 0) is 20.4 Å². The Morgan fingerprint density at radius 2 is 1.87 bits per heavy atom. The summed E-state index contributed by atoms with van der Waals surface area (Å²) in [5.41, 5.74) is 1.16. The van der Waals surface area contributed by atoms with Crippen molar-refractivity contribution in [2.45, 2.75) is 37.2 Å². The monoisotopic (exact) mass is 535 g/mol. The first kappa shape index (κ1) is 27.2. The SMILES string of the molecule is C=C/C(=C\C=C(/C)NS(=O)(=O)c1cccc2cccnc12)C(=O)N1CCC(O)(c2ccc(F)cc2C)CC1. The van der Waals surface area contributed by atoms with E-state index in [1.807, 2.05) is 0 Å². The van der Waals surface area contributed by atoms with Gasteiger partial charge in [-0.3, -0.25) is 14.5 Å². The van der Waals surface area contributed by atoms with E-state index in [0.717, 1.165) is 0 Å². The van der Waals surface area contributed by atoms with Crippen molar-refractivity contribution in [1.29, 1.82) is 0 Å². The summed E-state index contributed by atoms with van der Waals surface area (Å²) < 4.78 is 42.1. The number of aryl methyl sites for hydroxylation is 1. The van der Waals surface area contributed by atoms with Crippen LogP contribution < -0.4 is 4.72 Å². The van der Waals surface area contributed by atoms with Crippen LogP contribution in [0.4, 0.5) is 4.39 Å². The van der Waals surface area contributed by atoms with Crippen molar-refractivity contribution in [1.82, 2.24) is 14.6 Å². The summed E-state index contributed by atoms with van der Waals surface area (Å²) in [6, 6.07) is 12.8. The van der Waals surface area contributed by atoms with Crippen molar-refractivity contribution in [2.75, 3.05) is 13.1 Å². The Morgan fingerprint density at radius 3 is 2.55 bits per heavy atom. The van der Waals surface area contributed by atoms with Gasteiger partial charge in [0.2, 0.25) is 0 Å². The molecule has 1 fully saturated rings. The molecule has 3 aromatic rings. The molecule has 4 rings (SSSR count). The molecule has 0 aliphatic carbocycles. The van der Waals surface area contributed by atoms with Gasteiger partial charge < -0.3 is 10.0 Å². The van der Waals surface area contributed by atoms with Gasteiger partial charge in [0.05, 0.1) is 11.1 Å². The van der Waals surface area contributed by atoms with E-state index in [4.69, 9.17) is 0 Å². The molecule has 0 radical (unpaired) electrons. The molecular formula is C29H30FN3O4S. The van der Waals surface area contributed by atoms with Crippen LogP contribution in [0.5, 0.6) is 0 Å². The van der Waals surface area contributed by atoms with Crippen molar-refractivity contribution < 1.29 is 22.7 Å². The molecule has 1 amide bonds. The average molecular weight is 536 g/mol. The van der Waals surface area contributed by atoms with Gasteiger partial charge in [-0.05, 0) is 74.2 Å². The predicted molar refractivity (Wildman–Crippen MR) is 145 cm³/mol. The molecular weight excluding hydrogens is 505 g/mol. The molecule has 1 aromatic heterocycles. The van der Waals surface area contributed by atoms with Crippen LogP contribution in [0, 0.1) is 12.7 Å². The molecule has 7 nitrogen and oxygen atoms in total. The fraction of sp³-hybridized carbons (Fsp3) is 0.241. The second kappa shape index (κ2) is 10.9. The summed E-state index contributed by atoms with van der Waals surface area (Å²) in [4.78, 5) is 19.0. The molecule has 38 heavy (non-hydrogen) atoms. The third-order valence-corrected chi connectivity index (χ3v) is 8.23. The van der Waals surface area contributed by atoms with E-state index in [-0.39, 0.29) is 16.6 Å². The third-order valence-electron chi connectivity index (χ3n) is 6.73. The highest BCUT2D eigenvalue weighted by molar-refractivity contribution is 7.89. The molecule has 1 aliphatic rings. The summed E-state index contributed by atoms with van der Waals surface area (Å²) in [6.07, 6.45) is 6.59. The lowest BCUT2D eigenvalue weighted by Gasteiger charge is -2.39. The Balaban J connectivity index is 1.46. The maximum absolute atomic E-state index is 13.5. The normalized spacial score (nSPS) is 16.4. The summed E-state index contributed by atoms with van der Waals surface area (Å²) >= 11 is 0. The Bertz CT molecular complexity index is 1550. The maximum Gasteiger partial charge on any atom is 0.263 e. The van der Waals surface area contributed by atoms with Gasteiger partial charge in [-0.15, -0.1) is 0 Å². The number of fused-ring (bicyclic) bond motifs is 1. The van der Waals surface area contributed by atoms with E-state index < -0.39 is 15.6 Å². The molecule has 0 bridgehead atoms. The van der Waals surface area contributed by atoms with Gasteiger partial charge in [-0.25, -0.2) is 12.8 Å². The molecule has 9 heteroatoms. The average Bonchev–Trinajstić information content (AvgIpc) is 2.88. The van der Waals surface area contributed by atoms with Crippen LogP contribution in [0.2, 0.25) is 0 Å². The predicted octanol–water partition coefficient (Wildman–Crippen LogP) is 4.49. The second-order valence-corrected chi connectivity index (χ2v) is 11.0. The Labute approximate surface area is 222 Å². The number of likely N-dealkylation sites (tertiary alicyclic amines) is 1. The highest BCUT2D eigenvalue weighted by atomic mass is 32.2. The second-order valence-electron chi connectivity index (χ2n) is 9.40. The van der Waals surface area contributed by atoms with Gasteiger partial charge in [-0.1, -0.05) is 36.9 Å². The molecule has 0 unspecified atom stereocenters. The van der Waals surface area contributed by atoms with Crippen LogP contribution >= 0.6 is 0 Å². The number of nitrogens with zero attached hydrogens (tertiary/aromatic N) is 2. The van der Waals surface area contributed by atoms with E-state index >= 15 is 0 Å². The van der Waals surface area contributed by atoms with E-state index in [1.165, 1.54) is 42.6 Å². The minimum absolute atomic E-state index is 0.0598. The van der Waals surface area contributed by atoms with Crippen LogP contribution in [-0.4, -0.2) is 42.4 Å². The number of sulfonamides is 1. The number of hydrogen-bond donors (Lipinski definition) is 2. The van der Waals surface area contributed by atoms with Gasteiger partial charge in [0.25, 0.3) is 15.9 Å². The third kappa shape index (κ3) is 5.69. The summed E-state index contributed by atoms with van der Waals surface area (Å²) in [6.45, 7) is 7.69. The molecule has 1 saturated heterocycles. The number of allylic oxidation sites excluding steroid dienone is 3. The van der Waals surface area contributed by atoms with Crippen molar-refractivity contribution in [3.63, 3.8) is 0 Å². The van der Waals surface area contributed by atoms with Crippen molar-refractivity contribution >= 4 is 26.8 Å². The standard InChI is InChI=1S/C29H30FN3O4S/c1-4-22(28(34)33-17-14-29(35,15-18-33)25-13-12-24(30)19-20(25)2)11-10-21(3)32-38(36,37)26-9-5-7-23-8-6-16-31-27(23)26/h4-13,16,19,32,35H,1,14-15,17-18H2,2-3H3/b21-10+,22-11+. The van der Waals surface area contributed by atoms with E-state index in [1.54, 1.807) is 49.1 Å². The smallest absolute Gasteiger partial charge is 0.263 e. The number of benzene rings is 2. The zero-order valence-electron chi connectivity index (χ0n) is 21.3. The van der Waals surface area contributed by atoms with Crippen molar-refractivity contribution in [3.05, 3.63) is 108 Å². The van der Waals surface area contributed by atoms with E-state index in [2.05, 4.69) is 16.3 Å². The highest BCUT2D eigenvalue weighted by Gasteiger charge is 2.36. The fourth-order valence-electron chi connectivity index (χ4n) is 4.72. The number of amides is 1. The first-order chi connectivity index (χ1) is 18.0. The molecule has 2 N–H and O–H groups in total. The molecule has 1 aliphatic heterocycles. The van der Waals surface area contributed by atoms with Gasteiger partial charge in [0.15, 0.2) is 0 Å². The molecule has 0 spiro atoms. The number of piperidine rings is 1. The van der Waals surface area contributed by atoms with Gasteiger partial charge in [0, 0.05) is 35.9 Å². The molecule has 0 saturated carbocycles. The minimum atomic E-state index is -3.91. The Hall–Kier alpha value is -3.82. The molecule has 0 atom stereocenters. The minimum Gasteiger partial charge on any atom is -0.385 e. The number of nitrogens with one attached hydrogen (secondary N) is 1. The number of halogens is 1. The Kier molecular flexibility index (Phi) is 7.80. The number of rotatable bonds is 7. The van der Waals surface area contributed by atoms with Crippen molar-refractivity contribution in [2.24, 2.45) is 0 Å². The molecule has 198 valence electrons. The number of carbonyl (C=O) groups is 1. The number of hydrogen-bond acceptors (Lipinski definition) is 5. The summed E-state index contributed by atoms with van der Waals surface area (Å²) in [5.74, 6) is -0.634. The largest absolute Gasteiger partial charge is 0.385 e. The molecule has 2 aromatic carbocycles. The summed E-state index contributed by atoms with van der Waals surface area (Å²) in [5, 5.41) is 11.9. The fourth-order valence-corrected chi connectivity index (χ4v) is 6.00. The van der Waals surface area contributed by atoms with Crippen LogP contribution in [0.15, 0.2) is 95.7 Å². The quantitative estimate of drug-likeness (QED) is 0.343. The zero-order chi connectivity index (χ0) is 27.5. The van der Waals surface area contributed by atoms with Gasteiger partial charge >= 0.3 is 0 Å². The first-order valence-electron chi connectivity index (χ1n) is 12.2. The lowest BCUT2D eigenvalue weighted by atomic mass is 9.82. The number of carbonyl (C=O) groups excluding carboxylic acids is 1. The number of pyridine rings is 1. The Morgan fingerprint density at radius 1 is 1.16 bits per heavy atom. The van der Waals surface area contributed by atoms with Crippen LogP contribution in [0.25, 0.3) is 10.9 Å². The van der Waals surface area contributed by atoms with Crippen molar-refractivity contribution in [3.8, 4) is 0 Å². The maximum atomic E-state index is 13.5. The molecule has 2 heterocycles. The van der Waals surface area contributed by atoms with Gasteiger partial charge in [-0.2, -0.15) is 0 Å². The zero-order valence-corrected chi connectivity index (χ0v) is 22.1. The first-order valence-corrected chi connectivity index (χ1v) is 13.7. The van der Waals surface area contributed by atoms with Crippen LogP contribution in [0.1, 0.15) is 30.9 Å². The highest BCUT2D eigenvalue weighted by Crippen LogP contribution is 2.35. The van der Waals surface area contributed by atoms with Crippen LogP contribution in [0.3, 0.4) is 0 Å². The number of aliphatic hydroxyl groups is 1. The van der Waals surface area contributed by atoms with Gasteiger partial charge in [0.1, 0.15) is 10.7 Å².